The summed E-state index contributed by atoms with van der Waals surface area (Å²) in [6.07, 6.45) is 7.41. The number of aromatic nitrogens is 4. The molecular weight excluding hydrogens is 709 g/mol. The minimum Gasteiger partial charge on any atom is -0.496 e. The van der Waals surface area contributed by atoms with E-state index in [1.165, 1.54) is 11.3 Å². The highest BCUT2D eigenvalue weighted by Crippen LogP contribution is 2.32. The number of fused-ring (bicyclic) bond motifs is 1. The number of ether oxygens (including phenoxy) is 2. The molecule has 0 saturated carbocycles. The number of carbonyl (C=O) groups is 1. The van der Waals surface area contributed by atoms with Crippen LogP contribution in [0.25, 0.3) is 15.2 Å². The summed E-state index contributed by atoms with van der Waals surface area (Å²) in [5, 5.41) is 14.4. The maximum absolute atomic E-state index is 14.1. The molecule has 0 spiro atoms. The lowest BCUT2D eigenvalue weighted by molar-refractivity contribution is -0.138. The Hall–Kier alpha value is -3.01. The molecule has 244 valence electrons. The van der Waals surface area contributed by atoms with Crippen molar-refractivity contribution in [3.8, 4) is 10.8 Å². The highest BCUT2D eigenvalue weighted by molar-refractivity contribution is 14.0. The topological polar surface area (TPSA) is 121 Å². The summed E-state index contributed by atoms with van der Waals surface area (Å²) in [6.45, 7) is 8.28. The average molecular weight is 752 g/mol. The van der Waals surface area contributed by atoms with Crippen molar-refractivity contribution in [2.24, 2.45) is 0 Å². The Bertz CT molecular complexity index is 1720. The number of thiophene rings is 1. The van der Waals surface area contributed by atoms with Crippen LogP contribution in [0.3, 0.4) is 0 Å². The zero-order valence-corrected chi connectivity index (χ0v) is 29.4. The third-order valence-electron chi connectivity index (χ3n) is 8.36. The van der Waals surface area contributed by atoms with Gasteiger partial charge in [0.25, 0.3) is 5.56 Å². The largest absolute Gasteiger partial charge is 0.496 e. The average Bonchev–Trinajstić information content (AvgIpc) is 3.80. The van der Waals surface area contributed by atoms with Crippen molar-refractivity contribution in [3.63, 3.8) is 0 Å². The van der Waals surface area contributed by atoms with Crippen LogP contribution < -0.4 is 16.0 Å². The quantitative estimate of drug-likeness (QED) is 0.283. The first-order valence-electron chi connectivity index (χ1n) is 15.1. The summed E-state index contributed by atoms with van der Waals surface area (Å²) in [5.74, 6) is 0.532. The summed E-state index contributed by atoms with van der Waals surface area (Å²) in [5.41, 5.74) is -0.579. The Morgan fingerprint density at radius 2 is 1.82 bits per heavy atom. The second kappa shape index (κ2) is 15.1. The zero-order valence-electron chi connectivity index (χ0n) is 26.2. The van der Waals surface area contributed by atoms with E-state index in [-0.39, 0.29) is 36.0 Å². The van der Waals surface area contributed by atoms with Crippen molar-refractivity contribution in [3.05, 3.63) is 74.7 Å². The van der Waals surface area contributed by atoms with Gasteiger partial charge in [-0.25, -0.2) is 14.0 Å². The summed E-state index contributed by atoms with van der Waals surface area (Å²) in [4.78, 5) is 43.9. The molecule has 5 heterocycles. The number of likely N-dealkylation sites (tertiary alicyclic amines) is 1. The lowest BCUT2D eigenvalue weighted by Crippen LogP contribution is -2.56. The molecule has 0 radical (unpaired) electrons. The first kappa shape index (κ1) is 34.9. The van der Waals surface area contributed by atoms with Gasteiger partial charge in [-0.05, 0) is 70.6 Å². The van der Waals surface area contributed by atoms with Gasteiger partial charge in [-0.1, -0.05) is 29.5 Å². The van der Waals surface area contributed by atoms with Crippen LogP contribution in [0.2, 0.25) is 0 Å². The van der Waals surface area contributed by atoms with Gasteiger partial charge in [0, 0.05) is 50.8 Å². The Morgan fingerprint density at radius 1 is 1.13 bits per heavy atom. The normalized spacial score (nSPS) is 15.4. The predicted molar refractivity (Wildman–Crippen MR) is 186 cm³/mol. The molecule has 0 aliphatic carbocycles. The number of methoxy groups -OCH3 is 1. The van der Waals surface area contributed by atoms with Gasteiger partial charge in [0.2, 0.25) is 5.91 Å². The van der Waals surface area contributed by atoms with E-state index in [2.05, 4.69) is 5.10 Å². The Labute approximate surface area is 283 Å². The predicted octanol–water partition coefficient (Wildman–Crippen LogP) is 4.10. The van der Waals surface area contributed by atoms with Crippen LogP contribution in [0.15, 0.2) is 52.3 Å². The molecule has 2 aliphatic rings. The number of hydrogen-bond donors (Lipinski definition) is 1. The van der Waals surface area contributed by atoms with E-state index in [0.717, 1.165) is 65.3 Å². The molecule has 1 amide bonds. The second-order valence-corrected chi connectivity index (χ2v) is 12.7. The number of benzene rings is 1. The summed E-state index contributed by atoms with van der Waals surface area (Å²) < 4.78 is 15.0. The van der Waals surface area contributed by atoms with Crippen molar-refractivity contribution in [2.75, 3.05) is 33.4 Å². The van der Waals surface area contributed by atoms with Gasteiger partial charge in [-0.3, -0.25) is 14.2 Å². The fraction of sp³-hybridized carbons (Fsp3) is 0.500. The van der Waals surface area contributed by atoms with E-state index >= 15 is 0 Å². The van der Waals surface area contributed by atoms with Gasteiger partial charge in [0.1, 0.15) is 21.1 Å². The molecule has 2 aliphatic heterocycles. The maximum Gasteiger partial charge on any atom is 0.333 e. The van der Waals surface area contributed by atoms with Crippen LogP contribution in [0.4, 0.5) is 0 Å². The molecule has 3 aromatic heterocycles. The lowest BCUT2D eigenvalue weighted by Gasteiger charge is -2.31. The standard InChI is InChI=1S/C27H31N5O4S.C5H10O2.HI/c1-18-21-22(33)32(27(2,3)25(34)29-14-7-8-15-29)26(35)30(17-12-19-10-5-6-11-20(19)36-4)24(21)37-23(18)31-16-9-13-28-31;6-5-1-3-7-4-2-5;/h5-6,9-11,13,16H,7-8,12,14-15,17H2,1-4H3;5-6H,1-4H2;1H. The molecule has 6 rings (SSSR count). The minimum absolute atomic E-state index is 0. The molecule has 45 heavy (non-hydrogen) atoms. The van der Waals surface area contributed by atoms with Crippen LogP contribution in [-0.2, 0) is 28.0 Å². The molecule has 2 saturated heterocycles. The molecule has 13 heteroatoms. The number of carbonyl (C=O) groups excluding carboxylic acids is 1. The van der Waals surface area contributed by atoms with Crippen molar-refractivity contribution >= 4 is 51.4 Å². The maximum atomic E-state index is 14.1. The number of para-hydroxylation sites is 1. The molecule has 0 atom stereocenters. The van der Waals surface area contributed by atoms with Crippen LogP contribution in [-0.4, -0.2) is 74.3 Å². The molecule has 0 unspecified atom stereocenters. The molecule has 0 bridgehead atoms. The van der Waals surface area contributed by atoms with Crippen LogP contribution >= 0.6 is 35.3 Å². The summed E-state index contributed by atoms with van der Waals surface area (Å²) >= 11 is 1.36. The van der Waals surface area contributed by atoms with Gasteiger partial charge in [-0.2, -0.15) is 5.10 Å². The van der Waals surface area contributed by atoms with Gasteiger partial charge in [0.05, 0.1) is 18.6 Å². The van der Waals surface area contributed by atoms with Crippen LogP contribution in [0.1, 0.15) is 50.7 Å². The van der Waals surface area contributed by atoms with E-state index in [1.54, 1.807) is 41.3 Å². The Kier molecular flexibility index (Phi) is 11.7. The number of amides is 1. The number of halogens is 1. The van der Waals surface area contributed by atoms with Gasteiger partial charge in [0.15, 0.2) is 0 Å². The first-order chi connectivity index (χ1) is 21.1. The number of nitrogens with zero attached hydrogens (tertiary/aromatic N) is 5. The van der Waals surface area contributed by atoms with E-state index in [1.807, 2.05) is 43.5 Å². The second-order valence-electron chi connectivity index (χ2n) is 11.7. The Balaban J connectivity index is 0.000000510. The van der Waals surface area contributed by atoms with Crippen molar-refractivity contribution in [1.82, 2.24) is 23.8 Å². The number of hydrogen-bond acceptors (Lipinski definition) is 8. The molecule has 1 N–H and O–H groups in total. The molecule has 1 aromatic carbocycles. The highest BCUT2D eigenvalue weighted by Gasteiger charge is 2.39. The van der Waals surface area contributed by atoms with E-state index in [9.17, 15) is 14.4 Å². The minimum atomic E-state index is -1.33. The van der Waals surface area contributed by atoms with Crippen LogP contribution in [0, 0.1) is 6.92 Å². The van der Waals surface area contributed by atoms with Gasteiger partial charge >= 0.3 is 5.69 Å². The fourth-order valence-corrected chi connectivity index (χ4v) is 7.12. The van der Waals surface area contributed by atoms with Crippen molar-refractivity contribution in [2.45, 2.75) is 71.1 Å². The van der Waals surface area contributed by atoms with E-state index in [0.29, 0.717) is 36.3 Å². The fourth-order valence-electron chi connectivity index (χ4n) is 5.86. The SMILES string of the molecule is COc1ccccc1CCn1c(=O)n(C(C)(C)C(=O)N2CCCC2)c(=O)c2c(C)c(-n3cccn3)sc21.I.OC1CCOCC1. The smallest absolute Gasteiger partial charge is 0.333 e. The zero-order chi connectivity index (χ0) is 31.4. The third-order valence-corrected chi connectivity index (χ3v) is 9.67. The lowest BCUT2D eigenvalue weighted by atomic mass is 10.0. The molecule has 4 aromatic rings. The number of aryl methyl sites for hydroxylation is 3. The van der Waals surface area contributed by atoms with Crippen LogP contribution in [0.5, 0.6) is 5.75 Å². The number of rotatable bonds is 7. The van der Waals surface area contributed by atoms with Gasteiger partial charge < -0.3 is 19.5 Å². The number of aliphatic hydroxyl groups excluding tert-OH is 1. The first-order valence-corrected chi connectivity index (χ1v) is 15.9. The monoisotopic (exact) mass is 751 g/mol. The van der Waals surface area contributed by atoms with E-state index in [4.69, 9.17) is 14.6 Å². The third kappa shape index (κ3) is 7.21. The molecular formula is C32H42IN5O6S. The summed E-state index contributed by atoms with van der Waals surface area (Å²) in [7, 11) is 1.62. The van der Waals surface area contributed by atoms with Gasteiger partial charge in [-0.15, -0.1) is 24.0 Å². The molecule has 2 fully saturated rings. The Morgan fingerprint density at radius 3 is 2.42 bits per heavy atom. The van der Waals surface area contributed by atoms with Crippen molar-refractivity contribution < 1.29 is 19.4 Å². The summed E-state index contributed by atoms with van der Waals surface area (Å²) in [6, 6.07) is 9.50. The van der Waals surface area contributed by atoms with E-state index < -0.39 is 16.8 Å². The van der Waals surface area contributed by atoms with Crippen molar-refractivity contribution in [1.29, 1.82) is 0 Å². The highest BCUT2D eigenvalue weighted by atomic mass is 127. The number of aliphatic hydroxyl groups is 1. The molecule has 11 nitrogen and oxygen atoms in total.